The minimum Gasteiger partial charge on any atom is -0.506 e. The van der Waals surface area contributed by atoms with E-state index in [-0.39, 0.29) is 31.0 Å². The van der Waals surface area contributed by atoms with Crippen molar-refractivity contribution < 1.29 is 37.4 Å². The molecule has 2 aromatic rings. The van der Waals surface area contributed by atoms with Gasteiger partial charge in [-0.05, 0) is 75.1 Å². The fraction of sp³-hybridized carbons (Fsp3) is 0.559. The molecular formula is C34H41ClF3N5O5. The average molecular weight is 692 g/mol. The molecule has 0 radical (unpaired) electrons. The lowest BCUT2D eigenvalue weighted by Crippen LogP contribution is -2.56. The zero-order chi connectivity index (χ0) is 34.2. The molecule has 3 amide bonds. The minimum atomic E-state index is -4.89. The van der Waals surface area contributed by atoms with Crippen LogP contribution in [-0.4, -0.2) is 114 Å². The van der Waals surface area contributed by atoms with E-state index in [0.29, 0.717) is 51.5 Å². The number of para-hydroxylation sites is 1. The molecule has 1 atom stereocenters. The standard InChI is InChI=1S/C34H41ClF3N5O5/c1-40-10-6-23(7-11-40)41-14-16-42(17-15-41)31(46)28(20-22-18-25(34(36,37)38)30(45)26(35)19-22)48-32(47)43-12-8-33(9-13-43)21-29(44)39-27-5-3-2-4-24(27)33/h2-5,18-19,23,28,45H,6-17,20-21H2,1H3,(H,39,44)/t28-/m1/s1. The largest absolute Gasteiger partial charge is 0.506 e. The number of fused-ring (bicyclic) bond motifs is 2. The number of alkyl halides is 3. The highest BCUT2D eigenvalue weighted by molar-refractivity contribution is 6.32. The molecule has 6 rings (SSSR count). The van der Waals surface area contributed by atoms with Crippen LogP contribution >= 0.6 is 11.6 Å². The fourth-order valence-electron chi connectivity index (χ4n) is 7.67. The molecule has 0 unspecified atom stereocenters. The number of likely N-dealkylation sites (tertiary alicyclic amines) is 2. The molecule has 4 heterocycles. The van der Waals surface area contributed by atoms with Crippen LogP contribution in [-0.2, 0) is 32.3 Å². The van der Waals surface area contributed by atoms with Gasteiger partial charge in [-0.25, -0.2) is 4.79 Å². The third-order valence-corrected chi connectivity index (χ3v) is 10.7. The Morgan fingerprint density at radius 2 is 1.69 bits per heavy atom. The smallest absolute Gasteiger partial charge is 0.420 e. The van der Waals surface area contributed by atoms with Crippen LogP contribution < -0.4 is 5.32 Å². The van der Waals surface area contributed by atoms with E-state index in [2.05, 4.69) is 22.2 Å². The third-order valence-electron chi connectivity index (χ3n) is 10.4. The first kappa shape index (κ1) is 34.3. The fourth-order valence-corrected chi connectivity index (χ4v) is 7.91. The lowest BCUT2D eigenvalue weighted by atomic mass is 9.68. The van der Waals surface area contributed by atoms with Crippen LogP contribution in [0.5, 0.6) is 5.75 Å². The van der Waals surface area contributed by atoms with Crippen molar-refractivity contribution in [2.45, 2.75) is 62.3 Å². The first-order valence-corrected chi connectivity index (χ1v) is 16.9. The van der Waals surface area contributed by atoms with E-state index < -0.39 is 46.0 Å². The Bertz CT molecular complexity index is 1530. The average Bonchev–Trinajstić information content (AvgIpc) is 3.06. The van der Waals surface area contributed by atoms with Crippen molar-refractivity contribution in [2.24, 2.45) is 0 Å². The van der Waals surface area contributed by atoms with E-state index in [1.54, 1.807) is 4.90 Å². The molecule has 1 spiro atoms. The number of nitrogens with one attached hydrogen (secondary N) is 1. The molecule has 48 heavy (non-hydrogen) atoms. The van der Waals surface area contributed by atoms with Crippen LogP contribution in [0.4, 0.5) is 23.7 Å². The molecule has 0 aromatic heterocycles. The topological polar surface area (TPSA) is 106 Å². The summed E-state index contributed by atoms with van der Waals surface area (Å²) >= 11 is 5.98. The number of carbonyl (C=O) groups excluding carboxylic acids is 3. The van der Waals surface area contributed by atoms with Gasteiger partial charge in [-0.1, -0.05) is 29.8 Å². The maximum atomic E-state index is 14.0. The molecular weight excluding hydrogens is 651 g/mol. The van der Waals surface area contributed by atoms with E-state index in [9.17, 15) is 32.7 Å². The Balaban J connectivity index is 1.17. The number of anilines is 1. The van der Waals surface area contributed by atoms with Gasteiger partial charge in [0.15, 0.2) is 6.10 Å². The van der Waals surface area contributed by atoms with Crippen LogP contribution in [0.25, 0.3) is 0 Å². The van der Waals surface area contributed by atoms with Gasteiger partial charge in [-0.2, -0.15) is 13.2 Å². The Hall–Kier alpha value is -3.55. The monoisotopic (exact) mass is 691 g/mol. The molecule has 2 aromatic carbocycles. The van der Waals surface area contributed by atoms with E-state index in [4.69, 9.17) is 16.3 Å². The lowest BCUT2D eigenvalue weighted by Gasteiger charge is -2.44. The highest BCUT2D eigenvalue weighted by Crippen LogP contribution is 2.45. The van der Waals surface area contributed by atoms with E-state index in [1.807, 2.05) is 24.3 Å². The number of nitrogens with zero attached hydrogens (tertiary/aromatic N) is 4. The number of hydrogen-bond acceptors (Lipinski definition) is 7. The van der Waals surface area contributed by atoms with E-state index in [1.165, 1.54) is 4.90 Å². The number of piperazine rings is 1. The summed E-state index contributed by atoms with van der Waals surface area (Å²) in [4.78, 5) is 47.9. The SMILES string of the molecule is CN1CCC(N2CCN(C(=O)[C@@H](Cc3cc(Cl)c(O)c(C(F)(F)F)c3)OC(=O)N3CCC4(CC3)CC(=O)Nc3ccccc34)CC2)CC1. The molecule has 3 saturated heterocycles. The maximum Gasteiger partial charge on any atom is 0.420 e. The second-order valence-electron chi connectivity index (χ2n) is 13.5. The van der Waals surface area contributed by atoms with Crippen LogP contribution in [0.2, 0.25) is 5.02 Å². The quantitative estimate of drug-likeness (QED) is 0.468. The van der Waals surface area contributed by atoms with Gasteiger partial charge in [0.1, 0.15) is 5.75 Å². The molecule has 0 bridgehead atoms. The van der Waals surface area contributed by atoms with Gasteiger partial charge in [-0.15, -0.1) is 0 Å². The minimum absolute atomic E-state index is 0.00339. The normalized spacial score (nSPS) is 21.5. The van der Waals surface area contributed by atoms with Gasteiger partial charge < -0.3 is 29.9 Å². The molecule has 14 heteroatoms. The summed E-state index contributed by atoms with van der Waals surface area (Å²) < 4.78 is 47.0. The summed E-state index contributed by atoms with van der Waals surface area (Å²) in [6.07, 6.45) is -4.01. The zero-order valence-electron chi connectivity index (χ0n) is 26.9. The molecule has 260 valence electrons. The van der Waals surface area contributed by atoms with Crippen molar-refractivity contribution in [2.75, 3.05) is 64.7 Å². The summed E-state index contributed by atoms with van der Waals surface area (Å²) in [6, 6.07) is 9.95. The van der Waals surface area contributed by atoms with E-state index >= 15 is 0 Å². The number of ether oxygens (including phenoxy) is 1. The first-order chi connectivity index (χ1) is 22.8. The molecule has 4 aliphatic rings. The first-order valence-electron chi connectivity index (χ1n) is 16.5. The van der Waals surface area contributed by atoms with Gasteiger partial charge in [-0.3, -0.25) is 14.5 Å². The van der Waals surface area contributed by atoms with Gasteiger partial charge in [0.05, 0.1) is 10.6 Å². The lowest BCUT2D eigenvalue weighted by molar-refractivity contribution is -0.143. The van der Waals surface area contributed by atoms with Crippen molar-refractivity contribution in [3.05, 3.63) is 58.1 Å². The Morgan fingerprint density at radius 3 is 2.35 bits per heavy atom. The summed E-state index contributed by atoms with van der Waals surface area (Å²) in [5, 5.41) is 12.4. The number of benzene rings is 2. The number of aromatic hydroxyl groups is 1. The molecule has 4 aliphatic heterocycles. The molecule has 0 saturated carbocycles. The van der Waals surface area contributed by atoms with E-state index in [0.717, 1.165) is 49.3 Å². The molecule has 2 N–H and O–H groups in total. The zero-order valence-corrected chi connectivity index (χ0v) is 27.7. The second-order valence-corrected chi connectivity index (χ2v) is 13.9. The Morgan fingerprint density at radius 1 is 1.02 bits per heavy atom. The van der Waals surface area contributed by atoms with Gasteiger partial charge in [0, 0.05) is 69.3 Å². The van der Waals surface area contributed by atoms with Crippen molar-refractivity contribution >= 4 is 35.2 Å². The van der Waals surface area contributed by atoms with Gasteiger partial charge in [0.25, 0.3) is 5.91 Å². The molecule has 10 nitrogen and oxygen atoms in total. The summed E-state index contributed by atoms with van der Waals surface area (Å²) in [5.41, 5.74) is 0.0257. The number of amides is 3. The number of piperidine rings is 2. The van der Waals surface area contributed by atoms with Crippen molar-refractivity contribution in [3.8, 4) is 5.75 Å². The number of hydrogen-bond donors (Lipinski definition) is 2. The summed E-state index contributed by atoms with van der Waals surface area (Å²) in [5.74, 6) is -1.68. The summed E-state index contributed by atoms with van der Waals surface area (Å²) in [6.45, 7) is 4.66. The molecule has 3 fully saturated rings. The van der Waals surface area contributed by atoms with Crippen LogP contribution in [0, 0.1) is 0 Å². The van der Waals surface area contributed by atoms with Crippen molar-refractivity contribution in [1.29, 1.82) is 0 Å². The molecule has 0 aliphatic carbocycles. The number of phenolic OH excluding ortho intramolecular Hbond substituents is 1. The van der Waals surface area contributed by atoms with Gasteiger partial charge >= 0.3 is 12.3 Å². The van der Waals surface area contributed by atoms with Crippen LogP contribution in [0.1, 0.15) is 48.8 Å². The van der Waals surface area contributed by atoms with Gasteiger partial charge in [0.2, 0.25) is 5.91 Å². The van der Waals surface area contributed by atoms with Crippen molar-refractivity contribution in [1.82, 2.24) is 19.6 Å². The van der Waals surface area contributed by atoms with Crippen molar-refractivity contribution in [3.63, 3.8) is 0 Å². The number of rotatable bonds is 5. The highest BCUT2D eigenvalue weighted by atomic mass is 35.5. The van der Waals surface area contributed by atoms with Crippen LogP contribution in [0.3, 0.4) is 0 Å². The maximum absolute atomic E-state index is 14.0. The Kier molecular flexibility index (Phi) is 9.83. The third kappa shape index (κ3) is 7.23. The van der Waals surface area contributed by atoms with Crippen LogP contribution in [0.15, 0.2) is 36.4 Å². The number of halogens is 4. The Labute approximate surface area is 282 Å². The predicted octanol–water partition coefficient (Wildman–Crippen LogP) is 4.73. The predicted molar refractivity (Wildman–Crippen MR) is 173 cm³/mol. The number of carbonyl (C=O) groups is 3. The summed E-state index contributed by atoms with van der Waals surface area (Å²) in [7, 11) is 2.10. The second kappa shape index (κ2) is 13.8. The number of phenols is 1. The highest BCUT2D eigenvalue weighted by Gasteiger charge is 2.44.